The lowest BCUT2D eigenvalue weighted by molar-refractivity contribution is 0.415. The molecule has 0 amide bonds. The van der Waals surface area contributed by atoms with E-state index in [2.05, 4.69) is 24.5 Å². The smallest absolute Gasteiger partial charge is 0.170 e. The Kier molecular flexibility index (Phi) is 8.83. The van der Waals surface area contributed by atoms with E-state index in [9.17, 15) is 0 Å². The zero-order chi connectivity index (χ0) is 15.5. The summed E-state index contributed by atoms with van der Waals surface area (Å²) in [5.74, 6) is 1.67. The van der Waals surface area contributed by atoms with E-state index in [1.54, 1.807) is 7.11 Å². The van der Waals surface area contributed by atoms with Gasteiger partial charge in [-0.05, 0) is 48.8 Å². The van der Waals surface area contributed by atoms with Crippen LogP contribution in [0.3, 0.4) is 0 Å². The Morgan fingerprint density at radius 2 is 1.76 bits per heavy atom. The summed E-state index contributed by atoms with van der Waals surface area (Å²) in [6.07, 6.45) is 6.43. The minimum Gasteiger partial charge on any atom is -0.497 e. The molecule has 0 saturated carbocycles. The summed E-state index contributed by atoms with van der Waals surface area (Å²) in [5, 5.41) is 7.11. The van der Waals surface area contributed by atoms with E-state index in [1.165, 1.54) is 32.1 Å². The van der Waals surface area contributed by atoms with E-state index in [4.69, 9.17) is 17.0 Å². The van der Waals surface area contributed by atoms with Gasteiger partial charge < -0.3 is 15.4 Å². The Bertz CT molecular complexity index is 404. The Balaban J connectivity index is 2.08. The van der Waals surface area contributed by atoms with E-state index in [0.717, 1.165) is 23.9 Å². The van der Waals surface area contributed by atoms with Crippen LogP contribution < -0.4 is 15.4 Å². The fourth-order valence-electron chi connectivity index (χ4n) is 2.08. The number of nitrogens with one attached hydrogen (secondary N) is 2. The van der Waals surface area contributed by atoms with Gasteiger partial charge in [0.05, 0.1) is 7.11 Å². The highest BCUT2D eigenvalue weighted by Crippen LogP contribution is 2.14. The van der Waals surface area contributed by atoms with Crippen molar-refractivity contribution < 1.29 is 4.74 Å². The van der Waals surface area contributed by atoms with Crippen LogP contribution in [0.4, 0.5) is 5.69 Å². The van der Waals surface area contributed by atoms with Crippen molar-refractivity contribution in [1.82, 2.24) is 5.32 Å². The average molecular weight is 308 g/mol. The number of benzene rings is 1. The number of hydrogen-bond donors (Lipinski definition) is 2. The summed E-state index contributed by atoms with van der Waals surface area (Å²) in [4.78, 5) is 0. The first-order valence-electron chi connectivity index (χ1n) is 7.80. The largest absolute Gasteiger partial charge is 0.497 e. The molecule has 0 radical (unpaired) electrons. The van der Waals surface area contributed by atoms with E-state index in [1.807, 2.05) is 24.3 Å². The zero-order valence-corrected chi connectivity index (χ0v) is 14.3. The summed E-state index contributed by atoms with van der Waals surface area (Å²) in [7, 11) is 1.66. The van der Waals surface area contributed by atoms with Crippen molar-refractivity contribution >= 4 is 23.0 Å². The lowest BCUT2D eigenvalue weighted by atomic mass is 10.0. The average Bonchev–Trinajstić information content (AvgIpc) is 2.46. The van der Waals surface area contributed by atoms with Crippen LogP contribution in [0, 0.1) is 5.92 Å². The molecular formula is C17H28N2OS. The van der Waals surface area contributed by atoms with Crippen LogP contribution in [0.1, 0.15) is 46.0 Å². The van der Waals surface area contributed by atoms with Crippen molar-refractivity contribution in [3.8, 4) is 5.75 Å². The van der Waals surface area contributed by atoms with Gasteiger partial charge in [-0.2, -0.15) is 0 Å². The van der Waals surface area contributed by atoms with Gasteiger partial charge in [0.25, 0.3) is 0 Å². The van der Waals surface area contributed by atoms with Crippen LogP contribution in [-0.2, 0) is 0 Å². The summed E-state index contributed by atoms with van der Waals surface area (Å²) in [5.41, 5.74) is 0.977. The molecular weight excluding hydrogens is 280 g/mol. The van der Waals surface area contributed by atoms with Gasteiger partial charge in [0.1, 0.15) is 5.75 Å². The maximum Gasteiger partial charge on any atom is 0.170 e. The lowest BCUT2D eigenvalue weighted by Gasteiger charge is -2.11. The molecule has 0 fully saturated rings. The standard InChI is InChI=1S/C17H28N2OS/c1-14(2)8-6-4-5-7-13-18-17(21)19-15-9-11-16(20-3)12-10-15/h9-12,14H,4-8,13H2,1-3H3,(H2,18,19,21). The molecule has 1 aromatic carbocycles. The molecule has 21 heavy (non-hydrogen) atoms. The van der Waals surface area contributed by atoms with Crippen molar-refractivity contribution in [3.63, 3.8) is 0 Å². The van der Waals surface area contributed by atoms with Crippen LogP contribution in [0.2, 0.25) is 0 Å². The minimum absolute atomic E-state index is 0.683. The predicted octanol–water partition coefficient (Wildman–Crippen LogP) is 4.59. The van der Waals surface area contributed by atoms with Gasteiger partial charge in [-0.1, -0.05) is 39.5 Å². The molecule has 0 spiro atoms. The van der Waals surface area contributed by atoms with E-state index >= 15 is 0 Å². The molecule has 0 saturated heterocycles. The number of thiocarbonyl (C=S) groups is 1. The lowest BCUT2D eigenvalue weighted by Crippen LogP contribution is -2.29. The van der Waals surface area contributed by atoms with Gasteiger partial charge in [0, 0.05) is 12.2 Å². The first kappa shape index (κ1) is 17.8. The van der Waals surface area contributed by atoms with Gasteiger partial charge in [-0.3, -0.25) is 0 Å². The third kappa shape index (κ3) is 8.56. The minimum atomic E-state index is 0.683. The first-order chi connectivity index (χ1) is 10.1. The molecule has 2 N–H and O–H groups in total. The summed E-state index contributed by atoms with van der Waals surface area (Å²) in [6, 6.07) is 7.75. The van der Waals surface area contributed by atoms with Gasteiger partial charge in [0.2, 0.25) is 0 Å². The monoisotopic (exact) mass is 308 g/mol. The summed E-state index contributed by atoms with van der Waals surface area (Å²) < 4.78 is 5.12. The highest BCUT2D eigenvalue weighted by molar-refractivity contribution is 7.80. The Morgan fingerprint density at radius 3 is 2.38 bits per heavy atom. The van der Waals surface area contributed by atoms with Crippen molar-refractivity contribution in [2.24, 2.45) is 5.92 Å². The van der Waals surface area contributed by atoms with Crippen LogP contribution >= 0.6 is 12.2 Å². The fraction of sp³-hybridized carbons (Fsp3) is 0.588. The molecule has 118 valence electrons. The molecule has 0 bridgehead atoms. The predicted molar refractivity (Wildman–Crippen MR) is 95.1 cm³/mol. The van der Waals surface area contributed by atoms with Crippen LogP contribution in [0.15, 0.2) is 24.3 Å². The second-order valence-corrected chi connectivity index (χ2v) is 6.11. The maximum atomic E-state index is 5.28. The van der Waals surface area contributed by atoms with Crippen molar-refractivity contribution in [2.45, 2.75) is 46.0 Å². The Labute approximate surface area is 134 Å². The number of unbranched alkanes of at least 4 members (excludes halogenated alkanes) is 3. The molecule has 3 nitrogen and oxygen atoms in total. The quantitative estimate of drug-likeness (QED) is 0.516. The number of anilines is 1. The molecule has 0 heterocycles. The molecule has 0 aliphatic heterocycles. The highest BCUT2D eigenvalue weighted by atomic mass is 32.1. The van der Waals surface area contributed by atoms with Gasteiger partial charge in [-0.25, -0.2) is 0 Å². The van der Waals surface area contributed by atoms with E-state index in [0.29, 0.717) is 5.11 Å². The van der Waals surface area contributed by atoms with Crippen LogP contribution in [0.25, 0.3) is 0 Å². The maximum absolute atomic E-state index is 5.28. The molecule has 0 aliphatic rings. The van der Waals surface area contributed by atoms with Gasteiger partial charge >= 0.3 is 0 Å². The molecule has 0 atom stereocenters. The number of rotatable bonds is 9. The van der Waals surface area contributed by atoms with Crippen LogP contribution in [-0.4, -0.2) is 18.8 Å². The normalized spacial score (nSPS) is 10.5. The molecule has 4 heteroatoms. The van der Waals surface area contributed by atoms with Gasteiger partial charge in [-0.15, -0.1) is 0 Å². The first-order valence-corrected chi connectivity index (χ1v) is 8.21. The topological polar surface area (TPSA) is 33.3 Å². The zero-order valence-electron chi connectivity index (χ0n) is 13.4. The number of ether oxygens (including phenoxy) is 1. The summed E-state index contributed by atoms with van der Waals surface area (Å²) in [6.45, 7) is 5.50. The van der Waals surface area contributed by atoms with Crippen LogP contribution in [0.5, 0.6) is 5.75 Å². The Hall–Kier alpha value is -1.29. The van der Waals surface area contributed by atoms with Crippen molar-refractivity contribution in [3.05, 3.63) is 24.3 Å². The molecule has 0 aromatic heterocycles. The van der Waals surface area contributed by atoms with E-state index < -0.39 is 0 Å². The third-order valence-electron chi connectivity index (χ3n) is 3.34. The number of methoxy groups -OCH3 is 1. The summed E-state index contributed by atoms with van der Waals surface area (Å²) >= 11 is 5.28. The fourth-order valence-corrected chi connectivity index (χ4v) is 2.30. The second kappa shape index (κ2) is 10.4. The molecule has 1 rings (SSSR count). The molecule has 0 unspecified atom stereocenters. The van der Waals surface area contributed by atoms with Gasteiger partial charge in [0.15, 0.2) is 5.11 Å². The molecule has 1 aromatic rings. The van der Waals surface area contributed by atoms with E-state index in [-0.39, 0.29) is 0 Å². The molecule has 0 aliphatic carbocycles. The Morgan fingerprint density at radius 1 is 1.10 bits per heavy atom. The highest BCUT2D eigenvalue weighted by Gasteiger charge is 1.98. The van der Waals surface area contributed by atoms with Crippen molar-refractivity contribution in [2.75, 3.05) is 19.0 Å². The SMILES string of the molecule is COc1ccc(NC(=S)NCCCCCCC(C)C)cc1. The van der Waals surface area contributed by atoms with Crippen molar-refractivity contribution in [1.29, 1.82) is 0 Å². The second-order valence-electron chi connectivity index (χ2n) is 5.71. The number of hydrogen-bond acceptors (Lipinski definition) is 2. The third-order valence-corrected chi connectivity index (χ3v) is 3.59.